The molecule has 0 radical (unpaired) electrons. The van der Waals surface area contributed by atoms with Crippen LogP contribution in [-0.4, -0.2) is 59.3 Å². The highest BCUT2D eigenvalue weighted by molar-refractivity contribution is 5.94. The van der Waals surface area contributed by atoms with Crippen LogP contribution in [0, 0.1) is 5.82 Å². The summed E-state index contributed by atoms with van der Waals surface area (Å²) in [7, 11) is 1.77. The van der Waals surface area contributed by atoms with E-state index in [0.29, 0.717) is 53.5 Å². The van der Waals surface area contributed by atoms with Crippen LogP contribution < -0.4 is 26.2 Å². The van der Waals surface area contributed by atoms with Gasteiger partial charge in [-0.2, -0.15) is 0 Å². The van der Waals surface area contributed by atoms with Gasteiger partial charge in [0.15, 0.2) is 18.2 Å². The number of fused-ring (bicyclic) bond motifs is 2. The molecule has 3 N–H and O–H groups in total. The van der Waals surface area contributed by atoms with Crippen molar-refractivity contribution in [1.29, 1.82) is 0 Å². The van der Waals surface area contributed by atoms with Crippen molar-refractivity contribution in [1.82, 2.24) is 19.9 Å². The van der Waals surface area contributed by atoms with E-state index >= 15 is 0 Å². The summed E-state index contributed by atoms with van der Waals surface area (Å²) in [5.41, 5.74) is 1.00. The minimum atomic E-state index is -0.352. The molecule has 1 aliphatic heterocycles. The third kappa shape index (κ3) is 7.11. The largest absolute Gasteiger partial charge is 0.480 e. The number of carbonyl (C=O) groups excluding carboxylic acids is 2. The van der Waals surface area contributed by atoms with Crippen molar-refractivity contribution in [2.24, 2.45) is 0 Å². The fourth-order valence-corrected chi connectivity index (χ4v) is 4.56. The van der Waals surface area contributed by atoms with Gasteiger partial charge in [-0.05, 0) is 69.0 Å². The Bertz CT molecular complexity index is 1330. The number of rotatable bonds is 8. The van der Waals surface area contributed by atoms with Crippen LogP contribution in [0.2, 0.25) is 0 Å². The smallest absolute Gasteiger partial charge is 0.269 e. The van der Waals surface area contributed by atoms with Crippen molar-refractivity contribution < 1.29 is 23.5 Å². The number of aromatic nitrogens is 3. The lowest BCUT2D eigenvalue weighted by Gasteiger charge is -2.29. The molecule has 1 aliphatic carbocycles. The van der Waals surface area contributed by atoms with E-state index in [0.717, 1.165) is 25.8 Å². The molecule has 2 aromatic heterocycles. The summed E-state index contributed by atoms with van der Waals surface area (Å²) in [6.07, 6.45) is 7.51. The van der Waals surface area contributed by atoms with E-state index in [1.165, 1.54) is 31.2 Å². The first-order chi connectivity index (χ1) is 18.5. The summed E-state index contributed by atoms with van der Waals surface area (Å²) in [6, 6.07) is 8.04. The molecule has 2 amide bonds. The Morgan fingerprint density at radius 3 is 2.95 bits per heavy atom. The standard InChI is InChI=1S/C18H24FN3O2.C8H7N3O3/c1-24-15-5-2-4-14(11-15)20-8-3-9-22-17-10-13(19)6-7-16(17)21-12-18(22)23;12-4-9-6-2-1-5-8(10-6)11-7(13)3-14-5/h6-7,10,12,14-15,20H,2-5,8-9,11H2,1H3;1-2,4H,3H2,(H2,9,10,11,12,13)/t14-,15?;/m0./s1. The van der Waals surface area contributed by atoms with Gasteiger partial charge < -0.3 is 30.0 Å². The number of benzene rings is 1. The molecular weight excluding hydrogens is 495 g/mol. The zero-order valence-electron chi connectivity index (χ0n) is 21.1. The Morgan fingerprint density at radius 2 is 2.13 bits per heavy atom. The van der Waals surface area contributed by atoms with E-state index in [-0.39, 0.29) is 23.9 Å². The van der Waals surface area contributed by atoms with Crippen LogP contribution >= 0.6 is 0 Å². The summed E-state index contributed by atoms with van der Waals surface area (Å²) < 4.78 is 25.6. The molecule has 0 bridgehead atoms. The van der Waals surface area contributed by atoms with Gasteiger partial charge in [0.25, 0.3) is 11.5 Å². The summed E-state index contributed by atoms with van der Waals surface area (Å²) in [5.74, 6) is 0.585. The van der Waals surface area contributed by atoms with Crippen molar-refractivity contribution >= 4 is 35.0 Å². The molecule has 5 rings (SSSR count). The Labute approximate surface area is 218 Å². The number of amides is 2. The number of hydrogen-bond donors (Lipinski definition) is 3. The van der Waals surface area contributed by atoms with E-state index in [9.17, 15) is 18.8 Å². The van der Waals surface area contributed by atoms with Crippen LogP contribution in [0.4, 0.5) is 16.0 Å². The number of aryl methyl sites for hydroxylation is 1. The molecule has 0 spiro atoms. The molecule has 11 nitrogen and oxygen atoms in total. The molecule has 1 unspecified atom stereocenters. The van der Waals surface area contributed by atoms with Gasteiger partial charge in [0.1, 0.15) is 11.6 Å². The first-order valence-corrected chi connectivity index (χ1v) is 12.5. The summed E-state index contributed by atoms with van der Waals surface area (Å²) in [5, 5.41) is 8.45. The maximum Gasteiger partial charge on any atom is 0.269 e. The lowest BCUT2D eigenvalue weighted by Crippen LogP contribution is -2.37. The Kier molecular flexibility index (Phi) is 9.33. The molecule has 12 heteroatoms. The van der Waals surface area contributed by atoms with Gasteiger partial charge in [-0.15, -0.1) is 0 Å². The molecule has 3 aromatic rings. The molecule has 202 valence electrons. The van der Waals surface area contributed by atoms with Gasteiger partial charge in [0.2, 0.25) is 6.41 Å². The Hall–Kier alpha value is -3.90. The Morgan fingerprint density at radius 1 is 1.26 bits per heavy atom. The fraction of sp³-hybridized carbons (Fsp3) is 0.423. The quantitative estimate of drug-likeness (QED) is 0.301. The molecule has 0 saturated heterocycles. The van der Waals surface area contributed by atoms with Gasteiger partial charge in [-0.3, -0.25) is 14.4 Å². The molecule has 1 fully saturated rings. The monoisotopic (exact) mass is 526 g/mol. The van der Waals surface area contributed by atoms with Gasteiger partial charge in [-0.25, -0.2) is 14.4 Å². The first-order valence-electron chi connectivity index (χ1n) is 12.5. The molecule has 2 aliphatic rings. The normalized spacial score (nSPS) is 18.4. The predicted molar refractivity (Wildman–Crippen MR) is 140 cm³/mol. The van der Waals surface area contributed by atoms with Gasteiger partial charge in [0.05, 0.1) is 23.3 Å². The number of ether oxygens (including phenoxy) is 2. The van der Waals surface area contributed by atoms with E-state index in [1.54, 1.807) is 29.9 Å². The van der Waals surface area contributed by atoms with Crippen molar-refractivity contribution in [3.63, 3.8) is 0 Å². The highest BCUT2D eigenvalue weighted by atomic mass is 19.1. The minimum Gasteiger partial charge on any atom is -0.480 e. The summed E-state index contributed by atoms with van der Waals surface area (Å²) in [4.78, 5) is 41.2. The highest BCUT2D eigenvalue weighted by Crippen LogP contribution is 2.26. The van der Waals surface area contributed by atoms with E-state index in [4.69, 9.17) is 9.47 Å². The maximum atomic E-state index is 13.5. The maximum absolute atomic E-state index is 13.5. The molecule has 1 saturated carbocycles. The molecule has 2 atom stereocenters. The number of carbonyl (C=O) groups is 2. The number of nitrogens with one attached hydrogen (secondary N) is 3. The molecular formula is C26H31FN6O5. The third-order valence-electron chi connectivity index (χ3n) is 6.44. The highest BCUT2D eigenvalue weighted by Gasteiger charge is 2.21. The average molecular weight is 527 g/mol. The number of methoxy groups -OCH3 is 1. The molecule has 1 aromatic carbocycles. The number of pyridine rings is 1. The van der Waals surface area contributed by atoms with Crippen molar-refractivity contribution in [2.75, 3.05) is 30.9 Å². The van der Waals surface area contributed by atoms with Crippen molar-refractivity contribution in [2.45, 2.75) is 50.8 Å². The Balaban J connectivity index is 0.000000204. The second-order valence-corrected chi connectivity index (χ2v) is 9.05. The van der Waals surface area contributed by atoms with Crippen LogP contribution in [0.25, 0.3) is 11.0 Å². The number of nitrogens with zero attached hydrogens (tertiary/aromatic N) is 3. The number of hydrogen-bond acceptors (Lipinski definition) is 8. The SMILES string of the molecule is COC1CCC[C@H](NCCCn2c(=O)cnc3ccc(F)cc32)C1.O=CNc1ccc2c(n1)NC(=O)CO2. The predicted octanol–water partition coefficient (Wildman–Crippen LogP) is 2.45. The summed E-state index contributed by atoms with van der Waals surface area (Å²) in [6.45, 7) is 1.37. The van der Waals surface area contributed by atoms with E-state index in [1.807, 2.05) is 0 Å². The van der Waals surface area contributed by atoms with E-state index in [2.05, 4.69) is 25.9 Å². The van der Waals surface area contributed by atoms with Crippen molar-refractivity contribution in [3.05, 3.63) is 52.7 Å². The zero-order chi connectivity index (χ0) is 26.9. The first kappa shape index (κ1) is 27.1. The lowest BCUT2D eigenvalue weighted by atomic mass is 9.93. The fourth-order valence-electron chi connectivity index (χ4n) is 4.56. The number of halogens is 1. The minimum absolute atomic E-state index is 0.00483. The van der Waals surface area contributed by atoms with Crippen molar-refractivity contribution in [3.8, 4) is 5.75 Å². The second kappa shape index (κ2) is 13.1. The van der Waals surface area contributed by atoms with Gasteiger partial charge in [0, 0.05) is 19.7 Å². The van der Waals surface area contributed by atoms with Crippen LogP contribution in [0.15, 0.2) is 41.3 Å². The van der Waals surface area contributed by atoms with Crippen LogP contribution in [0.5, 0.6) is 5.75 Å². The average Bonchev–Trinajstić information content (AvgIpc) is 2.92. The van der Waals surface area contributed by atoms with Crippen LogP contribution in [0.3, 0.4) is 0 Å². The topological polar surface area (TPSA) is 136 Å². The molecule has 3 heterocycles. The van der Waals surface area contributed by atoms with Crippen LogP contribution in [0.1, 0.15) is 32.1 Å². The van der Waals surface area contributed by atoms with Crippen LogP contribution in [-0.2, 0) is 20.9 Å². The lowest BCUT2D eigenvalue weighted by molar-refractivity contribution is -0.118. The summed E-state index contributed by atoms with van der Waals surface area (Å²) >= 11 is 0. The third-order valence-corrected chi connectivity index (χ3v) is 6.44. The number of anilines is 2. The van der Waals surface area contributed by atoms with Gasteiger partial charge >= 0.3 is 0 Å². The molecule has 38 heavy (non-hydrogen) atoms. The van der Waals surface area contributed by atoms with E-state index < -0.39 is 0 Å². The zero-order valence-corrected chi connectivity index (χ0v) is 21.1. The van der Waals surface area contributed by atoms with Gasteiger partial charge in [-0.1, -0.05) is 0 Å². The second-order valence-electron chi connectivity index (χ2n) is 9.05.